The first-order chi connectivity index (χ1) is 11.1. The summed E-state index contributed by atoms with van der Waals surface area (Å²) < 4.78 is 2.11. The number of imidazole rings is 1. The Kier molecular flexibility index (Phi) is 5.13. The molecule has 3 rings (SSSR count). The molecule has 0 amide bonds. The number of benzene rings is 1. The van der Waals surface area contributed by atoms with Crippen LogP contribution in [0.1, 0.15) is 36.7 Å². The minimum Gasteiger partial charge on any atom is -0.337 e. The fourth-order valence-corrected chi connectivity index (χ4v) is 3.12. The fraction of sp³-hybridized carbons (Fsp3) is 0.526. The average molecular weight is 312 g/mol. The standard InChI is InChI=1S/C19H28N4/c1-16(2)18-6-4-17(5-7-18)14-22-10-12-23(13-11-22)15-19-20-8-9-21(19)3/h4-9,16H,10-15H2,1-3H3. The molecule has 124 valence electrons. The molecule has 0 atom stereocenters. The summed E-state index contributed by atoms with van der Waals surface area (Å²) in [5.41, 5.74) is 2.85. The Hall–Kier alpha value is -1.65. The van der Waals surface area contributed by atoms with Crippen molar-refractivity contribution in [3.8, 4) is 0 Å². The lowest BCUT2D eigenvalue weighted by Crippen LogP contribution is -2.45. The first-order valence-corrected chi connectivity index (χ1v) is 8.61. The van der Waals surface area contributed by atoms with Gasteiger partial charge in [0.25, 0.3) is 0 Å². The number of aryl methyl sites for hydroxylation is 1. The van der Waals surface area contributed by atoms with E-state index in [0.29, 0.717) is 5.92 Å². The number of nitrogens with zero attached hydrogens (tertiary/aromatic N) is 4. The molecule has 1 fully saturated rings. The predicted molar refractivity (Wildman–Crippen MR) is 94.3 cm³/mol. The van der Waals surface area contributed by atoms with Crippen molar-refractivity contribution in [1.82, 2.24) is 19.4 Å². The Morgan fingerprint density at radius 1 is 0.957 bits per heavy atom. The second kappa shape index (κ2) is 7.28. The van der Waals surface area contributed by atoms with E-state index in [1.165, 1.54) is 11.1 Å². The largest absolute Gasteiger partial charge is 0.337 e. The molecule has 2 heterocycles. The lowest BCUT2D eigenvalue weighted by Gasteiger charge is -2.34. The van der Waals surface area contributed by atoms with Gasteiger partial charge in [-0.1, -0.05) is 38.1 Å². The molecule has 0 radical (unpaired) electrons. The highest BCUT2D eigenvalue weighted by Crippen LogP contribution is 2.16. The van der Waals surface area contributed by atoms with Crippen molar-refractivity contribution in [2.24, 2.45) is 7.05 Å². The summed E-state index contributed by atoms with van der Waals surface area (Å²) in [5, 5.41) is 0. The van der Waals surface area contributed by atoms with Gasteiger partial charge in [-0.3, -0.25) is 9.80 Å². The van der Waals surface area contributed by atoms with Gasteiger partial charge >= 0.3 is 0 Å². The van der Waals surface area contributed by atoms with Gasteiger partial charge in [-0.2, -0.15) is 0 Å². The molecule has 23 heavy (non-hydrogen) atoms. The summed E-state index contributed by atoms with van der Waals surface area (Å²) in [4.78, 5) is 9.48. The van der Waals surface area contributed by atoms with E-state index in [1.54, 1.807) is 0 Å². The molecular weight excluding hydrogens is 284 g/mol. The maximum Gasteiger partial charge on any atom is 0.122 e. The molecule has 1 aliphatic rings. The fourth-order valence-electron chi connectivity index (χ4n) is 3.12. The van der Waals surface area contributed by atoms with E-state index < -0.39 is 0 Å². The van der Waals surface area contributed by atoms with Gasteiger partial charge < -0.3 is 4.57 Å². The molecule has 0 saturated carbocycles. The predicted octanol–water partition coefficient (Wildman–Crippen LogP) is 2.86. The van der Waals surface area contributed by atoms with Crippen molar-refractivity contribution in [3.05, 3.63) is 53.6 Å². The quantitative estimate of drug-likeness (QED) is 0.848. The van der Waals surface area contributed by atoms with Gasteiger partial charge in [0.2, 0.25) is 0 Å². The molecule has 1 aromatic carbocycles. The van der Waals surface area contributed by atoms with Crippen molar-refractivity contribution in [2.75, 3.05) is 26.2 Å². The van der Waals surface area contributed by atoms with Gasteiger partial charge in [0.1, 0.15) is 5.82 Å². The van der Waals surface area contributed by atoms with E-state index in [2.05, 4.69) is 64.5 Å². The second-order valence-electron chi connectivity index (χ2n) is 6.90. The number of rotatable bonds is 5. The number of hydrogen-bond donors (Lipinski definition) is 0. The lowest BCUT2D eigenvalue weighted by molar-refractivity contribution is 0.119. The molecule has 1 aromatic heterocycles. The van der Waals surface area contributed by atoms with Crippen LogP contribution in [-0.2, 0) is 20.1 Å². The number of aromatic nitrogens is 2. The Balaban J connectivity index is 1.48. The molecule has 4 heteroatoms. The zero-order valence-corrected chi connectivity index (χ0v) is 14.6. The van der Waals surface area contributed by atoms with Crippen LogP contribution in [0, 0.1) is 0 Å². The van der Waals surface area contributed by atoms with Gasteiger partial charge in [-0.05, 0) is 17.0 Å². The Morgan fingerprint density at radius 3 is 2.09 bits per heavy atom. The van der Waals surface area contributed by atoms with Crippen molar-refractivity contribution in [3.63, 3.8) is 0 Å². The average Bonchev–Trinajstić information content (AvgIpc) is 2.95. The van der Waals surface area contributed by atoms with Crippen molar-refractivity contribution < 1.29 is 0 Å². The molecule has 0 bridgehead atoms. The summed E-state index contributed by atoms with van der Waals surface area (Å²) in [6.45, 7) is 11.0. The van der Waals surface area contributed by atoms with Crippen LogP contribution in [0.25, 0.3) is 0 Å². The molecule has 0 unspecified atom stereocenters. The minimum atomic E-state index is 0.610. The van der Waals surface area contributed by atoms with E-state index >= 15 is 0 Å². The summed E-state index contributed by atoms with van der Waals surface area (Å²) in [5.74, 6) is 1.77. The topological polar surface area (TPSA) is 24.3 Å². The molecule has 0 spiro atoms. The maximum absolute atomic E-state index is 4.43. The van der Waals surface area contributed by atoms with Crippen LogP contribution in [0.2, 0.25) is 0 Å². The minimum absolute atomic E-state index is 0.610. The van der Waals surface area contributed by atoms with Crippen molar-refractivity contribution in [2.45, 2.75) is 32.9 Å². The summed E-state index contributed by atoms with van der Waals surface area (Å²) >= 11 is 0. The molecular formula is C19H28N4. The highest BCUT2D eigenvalue weighted by molar-refractivity contribution is 5.24. The molecule has 4 nitrogen and oxygen atoms in total. The normalized spacial score (nSPS) is 17.0. The van der Waals surface area contributed by atoms with Crippen LogP contribution < -0.4 is 0 Å². The zero-order chi connectivity index (χ0) is 16.2. The van der Waals surface area contributed by atoms with Crippen molar-refractivity contribution >= 4 is 0 Å². The van der Waals surface area contributed by atoms with Gasteiger partial charge in [0.05, 0.1) is 6.54 Å². The summed E-state index contributed by atoms with van der Waals surface area (Å²) in [6.07, 6.45) is 3.90. The van der Waals surface area contributed by atoms with Crippen LogP contribution in [0.3, 0.4) is 0 Å². The third-order valence-electron chi connectivity index (χ3n) is 4.80. The number of hydrogen-bond acceptors (Lipinski definition) is 3. The third-order valence-corrected chi connectivity index (χ3v) is 4.80. The number of piperazine rings is 1. The van der Waals surface area contributed by atoms with E-state index in [9.17, 15) is 0 Å². The molecule has 0 N–H and O–H groups in total. The Morgan fingerprint density at radius 2 is 1.57 bits per heavy atom. The highest BCUT2D eigenvalue weighted by Gasteiger charge is 2.18. The van der Waals surface area contributed by atoms with E-state index in [-0.39, 0.29) is 0 Å². The zero-order valence-electron chi connectivity index (χ0n) is 14.6. The van der Waals surface area contributed by atoms with E-state index in [1.807, 2.05) is 12.4 Å². The maximum atomic E-state index is 4.43. The first-order valence-electron chi connectivity index (χ1n) is 8.61. The second-order valence-corrected chi connectivity index (χ2v) is 6.90. The van der Waals surface area contributed by atoms with Gasteiger partial charge in [0, 0.05) is 52.2 Å². The van der Waals surface area contributed by atoms with Crippen LogP contribution >= 0.6 is 0 Å². The van der Waals surface area contributed by atoms with Crippen LogP contribution in [-0.4, -0.2) is 45.5 Å². The Bertz CT molecular complexity index is 607. The summed E-state index contributed by atoms with van der Waals surface area (Å²) in [6, 6.07) is 9.12. The lowest BCUT2D eigenvalue weighted by atomic mass is 10.0. The van der Waals surface area contributed by atoms with Crippen LogP contribution in [0.15, 0.2) is 36.7 Å². The highest BCUT2D eigenvalue weighted by atomic mass is 15.3. The van der Waals surface area contributed by atoms with E-state index in [4.69, 9.17) is 0 Å². The van der Waals surface area contributed by atoms with Crippen molar-refractivity contribution in [1.29, 1.82) is 0 Å². The van der Waals surface area contributed by atoms with Crippen LogP contribution in [0.4, 0.5) is 0 Å². The van der Waals surface area contributed by atoms with Gasteiger partial charge in [-0.25, -0.2) is 4.98 Å². The molecule has 2 aromatic rings. The van der Waals surface area contributed by atoms with Crippen LogP contribution in [0.5, 0.6) is 0 Å². The third kappa shape index (κ3) is 4.21. The Labute approximate surface area is 139 Å². The molecule has 1 saturated heterocycles. The summed E-state index contributed by atoms with van der Waals surface area (Å²) in [7, 11) is 2.07. The first kappa shape index (κ1) is 16.2. The SMILES string of the molecule is CC(C)c1ccc(CN2CCN(Cc3nccn3C)CC2)cc1. The van der Waals surface area contributed by atoms with Gasteiger partial charge in [-0.15, -0.1) is 0 Å². The molecule has 0 aliphatic carbocycles. The smallest absolute Gasteiger partial charge is 0.122 e. The van der Waals surface area contributed by atoms with E-state index in [0.717, 1.165) is 45.1 Å². The monoisotopic (exact) mass is 312 g/mol. The van der Waals surface area contributed by atoms with Gasteiger partial charge in [0.15, 0.2) is 0 Å². The molecule has 1 aliphatic heterocycles.